The maximum absolute atomic E-state index is 6.35. The van der Waals surface area contributed by atoms with Crippen molar-refractivity contribution in [3.8, 4) is 17.2 Å². The molecule has 2 aromatic carbocycles. The summed E-state index contributed by atoms with van der Waals surface area (Å²) in [6.07, 6.45) is 0.848. The van der Waals surface area contributed by atoms with Crippen LogP contribution in [-0.2, 0) is 13.1 Å². The molecule has 0 amide bonds. The first-order chi connectivity index (χ1) is 13.2. The van der Waals surface area contributed by atoms with Crippen molar-refractivity contribution in [1.29, 1.82) is 0 Å². The summed E-state index contributed by atoms with van der Waals surface area (Å²) in [7, 11) is 3.40. The number of nitrogens with one attached hydrogen (secondary N) is 2. The van der Waals surface area contributed by atoms with Crippen LogP contribution in [0.15, 0.2) is 41.4 Å². The standard InChI is InChI=1S/C20H24ClN3O3/c1-22-20(23-12-14-4-6-16(25-2)7-5-14)24-13-15-10-17(21)19-18(11-15)26-8-3-9-27-19/h4-7,10-11H,3,8-9,12-13H2,1-2H3,(H2,22,23,24). The van der Waals surface area contributed by atoms with Gasteiger partial charge < -0.3 is 24.8 Å². The average molecular weight is 390 g/mol. The number of hydrogen-bond donors (Lipinski definition) is 2. The largest absolute Gasteiger partial charge is 0.497 e. The molecule has 1 aliphatic rings. The Bertz CT molecular complexity index is 794. The van der Waals surface area contributed by atoms with Gasteiger partial charge in [0.2, 0.25) is 0 Å². The van der Waals surface area contributed by atoms with E-state index in [-0.39, 0.29) is 0 Å². The van der Waals surface area contributed by atoms with Gasteiger partial charge in [0.25, 0.3) is 0 Å². The molecule has 0 atom stereocenters. The molecule has 0 aromatic heterocycles. The molecule has 0 aliphatic carbocycles. The number of halogens is 1. The molecule has 0 radical (unpaired) electrons. The number of aliphatic imine (C=N–C) groups is 1. The van der Waals surface area contributed by atoms with Gasteiger partial charge in [-0.15, -0.1) is 0 Å². The van der Waals surface area contributed by atoms with Gasteiger partial charge in [0, 0.05) is 26.6 Å². The van der Waals surface area contributed by atoms with Gasteiger partial charge in [-0.05, 0) is 35.4 Å². The van der Waals surface area contributed by atoms with E-state index in [2.05, 4.69) is 15.6 Å². The number of hydrogen-bond acceptors (Lipinski definition) is 4. The van der Waals surface area contributed by atoms with E-state index >= 15 is 0 Å². The van der Waals surface area contributed by atoms with Crippen LogP contribution in [0.4, 0.5) is 0 Å². The van der Waals surface area contributed by atoms with Crippen LogP contribution in [0, 0.1) is 0 Å². The van der Waals surface area contributed by atoms with Crippen LogP contribution in [0.1, 0.15) is 17.5 Å². The number of rotatable bonds is 5. The van der Waals surface area contributed by atoms with Gasteiger partial charge >= 0.3 is 0 Å². The van der Waals surface area contributed by atoms with Gasteiger partial charge in [-0.2, -0.15) is 0 Å². The fourth-order valence-electron chi connectivity index (χ4n) is 2.72. The van der Waals surface area contributed by atoms with E-state index in [0.29, 0.717) is 48.8 Å². The van der Waals surface area contributed by atoms with E-state index in [1.54, 1.807) is 14.2 Å². The molecule has 0 fully saturated rings. The smallest absolute Gasteiger partial charge is 0.191 e. The quantitative estimate of drug-likeness (QED) is 0.606. The highest BCUT2D eigenvalue weighted by molar-refractivity contribution is 6.32. The topological polar surface area (TPSA) is 64.1 Å². The van der Waals surface area contributed by atoms with E-state index in [4.69, 9.17) is 25.8 Å². The van der Waals surface area contributed by atoms with Crippen LogP contribution in [0.25, 0.3) is 0 Å². The Morgan fingerprint density at radius 2 is 1.78 bits per heavy atom. The summed E-state index contributed by atoms with van der Waals surface area (Å²) in [6, 6.07) is 11.8. The molecule has 2 N–H and O–H groups in total. The molecule has 1 aliphatic heterocycles. The van der Waals surface area contributed by atoms with Gasteiger partial charge in [0.1, 0.15) is 5.75 Å². The third-order valence-electron chi connectivity index (χ3n) is 4.16. The molecule has 0 spiro atoms. The summed E-state index contributed by atoms with van der Waals surface area (Å²) < 4.78 is 16.6. The Kier molecular flexibility index (Phi) is 6.65. The van der Waals surface area contributed by atoms with Gasteiger partial charge in [0.15, 0.2) is 17.5 Å². The second-order valence-corrected chi connectivity index (χ2v) is 6.49. The predicted octanol–water partition coefficient (Wildman–Crippen LogP) is 3.38. The van der Waals surface area contributed by atoms with E-state index in [0.717, 1.165) is 23.3 Å². The Hall–Kier alpha value is -2.60. The lowest BCUT2D eigenvalue weighted by molar-refractivity contribution is 0.297. The van der Waals surface area contributed by atoms with E-state index in [1.807, 2.05) is 36.4 Å². The second-order valence-electron chi connectivity index (χ2n) is 6.08. The van der Waals surface area contributed by atoms with Gasteiger partial charge in [0.05, 0.1) is 25.3 Å². The first-order valence-corrected chi connectivity index (χ1v) is 9.23. The first-order valence-electron chi connectivity index (χ1n) is 8.85. The fraction of sp³-hybridized carbons (Fsp3) is 0.350. The molecule has 3 rings (SSSR count). The molecule has 0 saturated carbocycles. The van der Waals surface area contributed by atoms with Crippen molar-refractivity contribution >= 4 is 17.6 Å². The summed E-state index contributed by atoms with van der Waals surface area (Å²) in [4.78, 5) is 4.26. The number of fused-ring (bicyclic) bond motifs is 1. The second kappa shape index (κ2) is 9.37. The molecule has 0 bridgehead atoms. The van der Waals surface area contributed by atoms with Crippen LogP contribution >= 0.6 is 11.6 Å². The summed E-state index contributed by atoms with van der Waals surface area (Å²) in [5, 5.41) is 7.14. The van der Waals surface area contributed by atoms with Gasteiger partial charge in [-0.25, -0.2) is 0 Å². The number of nitrogens with zero attached hydrogens (tertiary/aromatic N) is 1. The Morgan fingerprint density at radius 1 is 1.07 bits per heavy atom. The molecule has 1 heterocycles. The normalized spacial score (nSPS) is 13.7. The average Bonchev–Trinajstić information content (AvgIpc) is 2.94. The molecule has 144 valence electrons. The molecule has 27 heavy (non-hydrogen) atoms. The molecule has 2 aromatic rings. The van der Waals surface area contributed by atoms with Crippen LogP contribution in [0.3, 0.4) is 0 Å². The minimum absolute atomic E-state index is 0.562. The number of benzene rings is 2. The first kappa shape index (κ1) is 19.2. The highest BCUT2D eigenvalue weighted by Crippen LogP contribution is 2.37. The summed E-state index contributed by atoms with van der Waals surface area (Å²) in [6.45, 7) is 2.47. The Morgan fingerprint density at radius 3 is 2.48 bits per heavy atom. The van der Waals surface area contributed by atoms with Crippen molar-refractivity contribution in [2.24, 2.45) is 4.99 Å². The lowest BCUT2D eigenvalue weighted by Crippen LogP contribution is -2.36. The van der Waals surface area contributed by atoms with E-state index in [9.17, 15) is 0 Å². The maximum Gasteiger partial charge on any atom is 0.191 e. The lowest BCUT2D eigenvalue weighted by Gasteiger charge is -2.14. The van der Waals surface area contributed by atoms with Crippen molar-refractivity contribution in [3.05, 3.63) is 52.5 Å². The Labute approximate surface area is 164 Å². The van der Waals surface area contributed by atoms with Crippen molar-refractivity contribution in [3.63, 3.8) is 0 Å². The van der Waals surface area contributed by atoms with Crippen molar-refractivity contribution < 1.29 is 14.2 Å². The minimum atomic E-state index is 0.562. The van der Waals surface area contributed by atoms with Crippen LogP contribution in [0.2, 0.25) is 5.02 Å². The van der Waals surface area contributed by atoms with Crippen LogP contribution < -0.4 is 24.8 Å². The van der Waals surface area contributed by atoms with Crippen molar-refractivity contribution in [2.45, 2.75) is 19.5 Å². The molecule has 0 saturated heterocycles. The van der Waals surface area contributed by atoms with E-state index < -0.39 is 0 Å². The van der Waals surface area contributed by atoms with Gasteiger partial charge in [-0.3, -0.25) is 4.99 Å². The minimum Gasteiger partial charge on any atom is -0.497 e. The molecule has 6 nitrogen and oxygen atoms in total. The molecular formula is C20H24ClN3O3. The number of methoxy groups -OCH3 is 1. The highest BCUT2D eigenvalue weighted by atomic mass is 35.5. The predicted molar refractivity (Wildman–Crippen MR) is 107 cm³/mol. The van der Waals surface area contributed by atoms with Crippen molar-refractivity contribution in [1.82, 2.24) is 10.6 Å². The third kappa shape index (κ3) is 5.20. The summed E-state index contributed by atoms with van der Waals surface area (Å²) in [5.74, 6) is 2.86. The fourth-order valence-corrected chi connectivity index (χ4v) is 3.01. The molecule has 7 heteroatoms. The lowest BCUT2D eigenvalue weighted by atomic mass is 10.2. The molecule has 0 unspecified atom stereocenters. The van der Waals surface area contributed by atoms with Gasteiger partial charge in [-0.1, -0.05) is 23.7 Å². The van der Waals surface area contributed by atoms with Crippen molar-refractivity contribution in [2.75, 3.05) is 27.4 Å². The van der Waals surface area contributed by atoms with Crippen LogP contribution in [0.5, 0.6) is 17.2 Å². The highest BCUT2D eigenvalue weighted by Gasteiger charge is 2.15. The maximum atomic E-state index is 6.35. The molecular weight excluding hydrogens is 366 g/mol. The number of guanidine groups is 1. The van der Waals surface area contributed by atoms with Crippen LogP contribution in [-0.4, -0.2) is 33.3 Å². The Balaban J connectivity index is 1.57. The zero-order chi connectivity index (χ0) is 19.1. The number of ether oxygens (including phenoxy) is 3. The third-order valence-corrected chi connectivity index (χ3v) is 4.45. The zero-order valence-electron chi connectivity index (χ0n) is 15.5. The zero-order valence-corrected chi connectivity index (χ0v) is 16.3. The summed E-state index contributed by atoms with van der Waals surface area (Å²) >= 11 is 6.35. The van der Waals surface area contributed by atoms with E-state index in [1.165, 1.54) is 0 Å². The SMILES string of the molecule is CN=C(NCc1ccc(OC)cc1)NCc1cc(Cl)c2c(c1)OCCCO2. The summed E-state index contributed by atoms with van der Waals surface area (Å²) in [5.41, 5.74) is 2.13. The monoisotopic (exact) mass is 389 g/mol.